The van der Waals surface area contributed by atoms with Crippen LogP contribution in [0.1, 0.15) is 11.5 Å². The van der Waals surface area contributed by atoms with Gasteiger partial charge in [0.2, 0.25) is 5.89 Å². The van der Waals surface area contributed by atoms with Crippen LogP contribution in [-0.4, -0.2) is 4.98 Å². The van der Waals surface area contributed by atoms with Crippen molar-refractivity contribution in [3.8, 4) is 11.5 Å². The molecule has 0 saturated heterocycles. The first-order chi connectivity index (χ1) is 7.20. The lowest BCUT2D eigenvalue weighted by molar-refractivity contribution is 0.535. The first-order valence-corrected chi connectivity index (χ1v) is 5.02. The van der Waals surface area contributed by atoms with Gasteiger partial charge in [0.1, 0.15) is 11.6 Å². The lowest BCUT2D eigenvalue weighted by Gasteiger charge is -1.94. The summed E-state index contributed by atoms with van der Waals surface area (Å²) in [6.45, 7) is 1.81. The number of alkyl halides is 1. The standard InChI is InChI=1S/C11H9ClFNO/c1-7-10(6-12)15-11(14-7)8-3-2-4-9(13)5-8/h2-5H,6H2,1H3. The number of benzene rings is 1. The summed E-state index contributed by atoms with van der Waals surface area (Å²) < 4.78 is 18.3. The van der Waals surface area contributed by atoms with Crippen molar-refractivity contribution in [2.45, 2.75) is 12.8 Å². The first-order valence-electron chi connectivity index (χ1n) is 4.49. The van der Waals surface area contributed by atoms with E-state index < -0.39 is 0 Å². The van der Waals surface area contributed by atoms with E-state index in [0.29, 0.717) is 17.2 Å². The van der Waals surface area contributed by atoms with Crippen molar-refractivity contribution in [3.05, 3.63) is 41.5 Å². The molecule has 1 aromatic heterocycles. The molecule has 4 heteroatoms. The van der Waals surface area contributed by atoms with Crippen molar-refractivity contribution >= 4 is 11.6 Å². The van der Waals surface area contributed by atoms with Crippen molar-refractivity contribution in [3.63, 3.8) is 0 Å². The average Bonchev–Trinajstić information content (AvgIpc) is 2.60. The van der Waals surface area contributed by atoms with Crippen molar-refractivity contribution in [1.29, 1.82) is 0 Å². The molecule has 0 aliphatic heterocycles. The molecule has 0 fully saturated rings. The second-order valence-electron chi connectivity index (χ2n) is 3.17. The molecule has 0 spiro atoms. The molecule has 1 aromatic carbocycles. The first kappa shape index (κ1) is 10.2. The third kappa shape index (κ3) is 2.02. The number of aromatic nitrogens is 1. The van der Waals surface area contributed by atoms with Crippen molar-refractivity contribution in [2.75, 3.05) is 0 Å². The highest BCUT2D eigenvalue weighted by atomic mass is 35.5. The van der Waals surface area contributed by atoms with Crippen LogP contribution in [0.2, 0.25) is 0 Å². The molecule has 0 N–H and O–H groups in total. The molecule has 0 atom stereocenters. The number of nitrogens with zero attached hydrogens (tertiary/aromatic N) is 1. The van der Waals surface area contributed by atoms with Crippen LogP contribution in [0.5, 0.6) is 0 Å². The molecular weight excluding hydrogens is 217 g/mol. The Balaban J connectivity index is 2.45. The van der Waals surface area contributed by atoms with Gasteiger partial charge in [-0.25, -0.2) is 9.37 Å². The Morgan fingerprint density at radius 3 is 2.87 bits per heavy atom. The minimum atomic E-state index is -0.309. The van der Waals surface area contributed by atoms with Gasteiger partial charge in [0.15, 0.2) is 0 Å². The molecule has 78 valence electrons. The predicted molar refractivity (Wildman–Crippen MR) is 56.2 cm³/mol. The molecule has 2 nitrogen and oxygen atoms in total. The lowest BCUT2D eigenvalue weighted by atomic mass is 10.2. The number of aryl methyl sites for hydroxylation is 1. The molecule has 1 heterocycles. The van der Waals surface area contributed by atoms with Gasteiger partial charge in [0.05, 0.1) is 11.6 Å². The molecular formula is C11H9ClFNO. The van der Waals surface area contributed by atoms with E-state index in [0.717, 1.165) is 5.69 Å². The molecule has 0 unspecified atom stereocenters. The average molecular weight is 226 g/mol. The topological polar surface area (TPSA) is 26.0 Å². The minimum Gasteiger partial charge on any atom is -0.440 e. The normalized spacial score (nSPS) is 10.6. The summed E-state index contributed by atoms with van der Waals surface area (Å²) in [7, 11) is 0. The summed E-state index contributed by atoms with van der Waals surface area (Å²) in [6.07, 6.45) is 0. The molecule has 0 amide bonds. The highest BCUT2D eigenvalue weighted by Gasteiger charge is 2.10. The zero-order valence-corrected chi connectivity index (χ0v) is 8.88. The SMILES string of the molecule is Cc1nc(-c2cccc(F)c2)oc1CCl. The summed E-state index contributed by atoms with van der Waals surface area (Å²) >= 11 is 5.66. The van der Waals surface area contributed by atoms with Crippen LogP contribution in [0, 0.1) is 12.7 Å². The van der Waals surface area contributed by atoms with Gasteiger partial charge in [-0.3, -0.25) is 0 Å². The lowest BCUT2D eigenvalue weighted by Crippen LogP contribution is -1.79. The summed E-state index contributed by atoms with van der Waals surface area (Å²) in [5.74, 6) is 0.989. The molecule has 2 rings (SSSR count). The maximum absolute atomic E-state index is 12.9. The summed E-state index contributed by atoms with van der Waals surface area (Å²) in [5.41, 5.74) is 1.36. The number of hydrogen-bond acceptors (Lipinski definition) is 2. The minimum absolute atomic E-state index is 0.272. The number of rotatable bonds is 2. The van der Waals surface area contributed by atoms with Crippen LogP contribution in [0.4, 0.5) is 4.39 Å². The van der Waals surface area contributed by atoms with E-state index in [2.05, 4.69) is 4.98 Å². The molecule has 0 saturated carbocycles. The third-order valence-electron chi connectivity index (χ3n) is 2.09. The fourth-order valence-electron chi connectivity index (χ4n) is 1.30. The molecule has 15 heavy (non-hydrogen) atoms. The Morgan fingerprint density at radius 1 is 1.47 bits per heavy atom. The van der Waals surface area contributed by atoms with E-state index >= 15 is 0 Å². The van der Waals surface area contributed by atoms with Crippen molar-refractivity contribution < 1.29 is 8.81 Å². The van der Waals surface area contributed by atoms with E-state index in [1.165, 1.54) is 12.1 Å². The Kier molecular flexibility index (Phi) is 2.73. The molecule has 0 aliphatic rings. The summed E-state index contributed by atoms with van der Waals surface area (Å²) in [6, 6.07) is 6.11. The van der Waals surface area contributed by atoms with Gasteiger partial charge >= 0.3 is 0 Å². The van der Waals surface area contributed by atoms with Crippen LogP contribution in [0.15, 0.2) is 28.7 Å². The Labute approximate surface area is 91.7 Å². The van der Waals surface area contributed by atoms with Gasteiger partial charge in [-0.05, 0) is 25.1 Å². The molecule has 0 bridgehead atoms. The van der Waals surface area contributed by atoms with Crippen LogP contribution in [-0.2, 0) is 5.88 Å². The zero-order chi connectivity index (χ0) is 10.8. The monoisotopic (exact) mass is 225 g/mol. The predicted octanol–water partition coefficient (Wildman–Crippen LogP) is 3.53. The fourth-order valence-corrected chi connectivity index (χ4v) is 1.54. The van der Waals surface area contributed by atoms with Crippen molar-refractivity contribution in [2.24, 2.45) is 0 Å². The van der Waals surface area contributed by atoms with Gasteiger partial charge in [0, 0.05) is 5.56 Å². The van der Waals surface area contributed by atoms with Gasteiger partial charge in [-0.15, -0.1) is 11.6 Å². The van der Waals surface area contributed by atoms with Gasteiger partial charge in [0.25, 0.3) is 0 Å². The second-order valence-corrected chi connectivity index (χ2v) is 3.44. The molecule has 2 aromatic rings. The Morgan fingerprint density at radius 2 is 2.27 bits per heavy atom. The number of oxazole rings is 1. The van der Waals surface area contributed by atoms with Gasteiger partial charge in [-0.1, -0.05) is 6.07 Å². The maximum atomic E-state index is 12.9. The Hall–Kier alpha value is -1.35. The van der Waals surface area contributed by atoms with E-state index in [4.69, 9.17) is 16.0 Å². The highest BCUT2D eigenvalue weighted by Crippen LogP contribution is 2.23. The third-order valence-corrected chi connectivity index (χ3v) is 2.33. The van der Waals surface area contributed by atoms with Crippen LogP contribution in [0.25, 0.3) is 11.5 Å². The van der Waals surface area contributed by atoms with E-state index in [9.17, 15) is 4.39 Å². The summed E-state index contributed by atoms with van der Waals surface area (Å²) in [4.78, 5) is 4.18. The van der Waals surface area contributed by atoms with E-state index in [-0.39, 0.29) is 11.7 Å². The van der Waals surface area contributed by atoms with E-state index in [1.807, 2.05) is 6.92 Å². The second kappa shape index (κ2) is 4.03. The van der Waals surface area contributed by atoms with Gasteiger partial charge in [-0.2, -0.15) is 0 Å². The maximum Gasteiger partial charge on any atom is 0.226 e. The van der Waals surface area contributed by atoms with Crippen molar-refractivity contribution in [1.82, 2.24) is 4.98 Å². The smallest absolute Gasteiger partial charge is 0.226 e. The Bertz CT molecular complexity index is 481. The van der Waals surface area contributed by atoms with Crippen LogP contribution < -0.4 is 0 Å². The fraction of sp³-hybridized carbons (Fsp3) is 0.182. The van der Waals surface area contributed by atoms with E-state index in [1.54, 1.807) is 12.1 Å². The van der Waals surface area contributed by atoms with Gasteiger partial charge < -0.3 is 4.42 Å². The molecule has 0 aliphatic carbocycles. The summed E-state index contributed by atoms with van der Waals surface area (Å²) in [5, 5.41) is 0. The number of hydrogen-bond donors (Lipinski definition) is 0. The molecule has 0 radical (unpaired) electrons. The highest BCUT2D eigenvalue weighted by molar-refractivity contribution is 6.16. The zero-order valence-electron chi connectivity index (χ0n) is 8.13. The van der Waals surface area contributed by atoms with Crippen LogP contribution in [0.3, 0.4) is 0 Å². The largest absolute Gasteiger partial charge is 0.440 e. The quantitative estimate of drug-likeness (QED) is 0.731. The number of halogens is 2. The van der Waals surface area contributed by atoms with Crippen LogP contribution >= 0.6 is 11.6 Å².